The number of hydrogen-bond acceptors (Lipinski definition) is 3. The minimum absolute atomic E-state index is 0.144. The number of nitrogens with zero attached hydrogens (tertiary/aromatic N) is 1. The van der Waals surface area contributed by atoms with Crippen LogP contribution in [-0.4, -0.2) is 29.9 Å². The summed E-state index contributed by atoms with van der Waals surface area (Å²) in [7, 11) is 0. The van der Waals surface area contributed by atoms with Crippen LogP contribution in [0, 0.1) is 5.41 Å². The van der Waals surface area contributed by atoms with Crippen molar-refractivity contribution in [3.8, 4) is 0 Å². The largest absolute Gasteiger partial charge is 0.467 e. The zero-order valence-corrected chi connectivity index (χ0v) is 12.9. The van der Waals surface area contributed by atoms with Crippen LogP contribution < -0.4 is 5.32 Å². The Balaban J connectivity index is 1.78. The molecule has 0 spiro atoms. The van der Waals surface area contributed by atoms with E-state index in [1.54, 1.807) is 6.26 Å². The molecule has 1 aliphatic heterocycles. The Kier molecular flexibility index (Phi) is 4.34. The van der Waals surface area contributed by atoms with Gasteiger partial charge in [-0.05, 0) is 57.3 Å². The molecule has 3 rings (SSSR count). The molecule has 0 aromatic carbocycles. The van der Waals surface area contributed by atoms with Crippen LogP contribution in [0.4, 0.5) is 0 Å². The Labute approximate surface area is 126 Å². The number of piperidine rings is 1. The van der Waals surface area contributed by atoms with E-state index in [0.717, 1.165) is 57.4 Å². The zero-order chi connectivity index (χ0) is 14.7. The van der Waals surface area contributed by atoms with Gasteiger partial charge in [0.1, 0.15) is 5.76 Å². The summed E-state index contributed by atoms with van der Waals surface area (Å²) in [6.07, 6.45) is 8.01. The van der Waals surface area contributed by atoms with Gasteiger partial charge < -0.3 is 14.6 Å². The SMILES string of the molecule is CCCC1(C(=O)N(Cc2ccco2)C2CC2)CCNCC1. The number of furan rings is 1. The van der Waals surface area contributed by atoms with Crippen LogP contribution in [-0.2, 0) is 11.3 Å². The Morgan fingerprint density at radius 2 is 2.19 bits per heavy atom. The highest BCUT2D eigenvalue weighted by Crippen LogP contribution is 2.40. The Morgan fingerprint density at radius 3 is 2.76 bits per heavy atom. The molecule has 1 aromatic rings. The zero-order valence-electron chi connectivity index (χ0n) is 12.9. The maximum Gasteiger partial charge on any atom is 0.229 e. The van der Waals surface area contributed by atoms with Gasteiger partial charge in [-0.15, -0.1) is 0 Å². The molecular formula is C17H26N2O2. The second-order valence-corrected chi connectivity index (χ2v) is 6.52. The van der Waals surface area contributed by atoms with Crippen LogP contribution in [0.5, 0.6) is 0 Å². The van der Waals surface area contributed by atoms with Gasteiger partial charge in [-0.2, -0.15) is 0 Å². The van der Waals surface area contributed by atoms with Gasteiger partial charge in [0.05, 0.1) is 18.2 Å². The minimum atomic E-state index is -0.144. The smallest absolute Gasteiger partial charge is 0.229 e. The van der Waals surface area contributed by atoms with E-state index in [4.69, 9.17) is 4.42 Å². The topological polar surface area (TPSA) is 45.5 Å². The molecule has 0 bridgehead atoms. The van der Waals surface area contributed by atoms with Crippen molar-refractivity contribution in [3.05, 3.63) is 24.2 Å². The van der Waals surface area contributed by atoms with Crippen LogP contribution in [0.3, 0.4) is 0 Å². The third kappa shape index (κ3) is 3.15. The van der Waals surface area contributed by atoms with Gasteiger partial charge >= 0.3 is 0 Å². The molecule has 2 heterocycles. The third-order valence-corrected chi connectivity index (χ3v) is 4.90. The summed E-state index contributed by atoms with van der Waals surface area (Å²) in [5.74, 6) is 1.26. The normalized spacial score (nSPS) is 21.2. The predicted molar refractivity (Wildman–Crippen MR) is 81.7 cm³/mol. The summed E-state index contributed by atoms with van der Waals surface area (Å²) in [5, 5.41) is 3.39. The number of carbonyl (C=O) groups is 1. The van der Waals surface area contributed by atoms with E-state index in [9.17, 15) is 4.79 Å². The van der Waals surface area contributed by atoms with Gasteiger partial charge in [0.25, 0.3) is 0 Å². The molecule has 4 nitrogen and oxygen atoms in total. The van der Waals surface area contributed by atoms with Crippen LogP contribution in [0.1, 0.15) is 51.2 Å². The highest BCUT2D eigenvalue weighted by Gasteiger charge is 2.45. The fourth-order valence-electron chi connectivity index (χ4n) is 3.58. The van der Waals surface area contributed by atoms with Crippen molar-refractivity contribution in [3.63, 3.8) is 0 Å². The lowest BCUT2D eigenvalue weighted by atomic mass is 9.74. The van der Waals surface area contributed by atoms with Gasteiger partial charge in [-0.25, -0.2) is 0 Å². The maximum absolute atomic E-state index is 13.3. The summed E-state index contributed by atoms with van der Waals surface area (Å²) in [6, 6.07) is 4.31. The average Bonchev–Trinajstić information content (AvgIpc) is 3.22. The number of carbonyl (C=O) groups excluding carboxylic acids is 1. The van der Waals surface area contributed by atoms with Crippen molar-refractivity contribution in [1.82, 2.24) is 10.2 Å². The van der Waals surface area contributed by atoms with Crippen molar-refractivity contribution >= 4 is 5.91 Å². The van der Waals surface area contributed by atoms with Crippen LogP contribution >= 0.6 is 0 Å². The first kappa shape index (κ1) is 14.6. The monoisotopic (exact) mass is 290 g/mol. The molecular weight excluding hydrogens is 264 g/mol. The maximum atomic E-state index is 13.3. The van der Waals surface area contributed by atoms with Crippen molar-refractivity contribution in [2.75, 3.05) is 13.1 Å². The van der Waals surface area contributed by atoms with Crippen molar-refractivity contribution in [1.29, 1.82) is 0 Å². The molecule has 1 aliphatic carbocycles. The third-order valence-electron chi connectivity index (χ3n) is 4.90. The Morgan fingerprint density at radius 1 is 1.43 bits per heavy atom. The molecule has 0 radical (unpaired) electrons. The molecule has 116 valence electrons. The van der Waals surface area contributed by atoms with Gasteiger partial charge in [0, 0.05) is 6.04 Å². The standard InChI is InChI=1S/C17H26N2O2/c1-2-7-17(8-10-18-11-9-17)16(20)19(14-5-6-14)13-15-4-3-12-21-15/h3-4,12,14,18H,2,5-11,13H2,1H3. The lowest BCUT2D eigenvalue weighted by Crippen LogP contribution is -2.49. The van der Waals surface area contributed by atoms with Crippen molar-refractivity contribution in [2.45, 2.75) is 58.0 Å². The molecule has 2 fully saturated rings. The van der Waals surface area contributed by atoms with Crippen LogP contribution in [0.25, 0.3) is 0 Å². The number of nitrogens with one attached hydrogen (secondary N) is 1. The number of rotatable bonds is 6. The highest BCUT2D eigenvalue weighted by molar-refractivity contribution is 5.83. The van der Waals surface area contributed by atoms with Gasteiger partial charge in [0.2, 0.25) is 5.91 Å². The molecule has 2 aliphatic rings. The molecule has 1 N–H and O–H groups in total. The number of amides is 1. The molecule has 1 saturated heterocycles. The molecule has 4 heteroatoms. The summed E-state index contributed by atoms with van der Waals surface area (Å²) in [6.45, 7) is 4.75. The summed E-state index contributed by atoms with van der Waals surface area (Å²) < 4.78 is 5.47. The van der Waals surface area contributed by atoms with Gasteiger partial charge in [-0.3, -0.25) is 4.79 Å². The van der Waals surface area contributed by atoms with Gasteiger partial charge in [0.15, 0.2) is 0 Å². The lowest BCUT2D eigenvalue weighted by molar-refractivity contribution is -0.146. The van der Waals surface area contributed by atoms with Crippen molar-refractivity contribution in [2.24, 2.45) is 5.41 Å². The van der Waals surface area contributed by atoms with Crippen molar-refractivity contribution < 1.29 is 9.21 Å². The first-order valence-electron chi connectivity index (χ1n) is 8.29. The first-order chi connectivity index (χ1) is 10.2. The number of hydrogen-bond donors (Lipinski definition) is 1. The van der Waals surface area contributed by atoms with E-state index in [2.05, 4.69) is 17.1 Å². The lowest BCUT2D eigenvalue weighted by Gasteiger charge is -2.40. The van der Waals surface area contributed by atoms with Crippen LogP contribution in [0.2, 0.25) is 0 Å². The van der Waals surface area contributed by atoms with Crippen LogP contribution in [0.15, 0.2) is 22.8 Å². The van der Waals surface area contributed by atoms with E-state index >= 15 is 0 Å². The quantitative estimate of drug-likeness (QED) is 0.876. The summed E-state index contributed by atoms with van der Waals surface area (Å²) in [4.78, 5) is 15.4. The predicted octanol–water partition coefficient (Wildman–Crippen LogP) is 2.94. The van der Waals surface area contributed by atoms with Gasteiger partial charge in [-0.1, -0.05) is 13.3 Å². The van der Waals surface area contributed by atoms with E-state index < -0.39 is 0 Å². The molecule has 0 atom stereocenters. The average molecular weight is 290 g/mol. The fourth-order valence-corrected chi connectivity index (χ4v) is 3.58. The first-order valence-corrected chi connectivity index (χ1v) is 8.29. The van der Waals surface area contributed by atoms with E-state index in [0.29, 0.717) is 18.5 Å². The second-order valence-electron chi connectivity index (χ2n) is 6.52. The summed E-state index contributed by atoms with van der Waals surface area (Å²) >= 11 is 0. The van der Waals surface area contributed by atoms with E-state index in [1.807, 2.05) is 12.1 Å². The molecule has 1 saturated carbocycles. The molecule has 1 aromatic heterocycles. The van der Waals surface area contributed by atoms with E-state index in [-0.39, 0.29) is 5.41 Å². The highest BCUT2D eigenvalue weighted by atomic mass is 16.3. The summed E-state index contributed by atoms with van der Waals surface area (Å²) in [5.41, 5.74) is -0.144. The van der Waals surface area contributed by atoms with E-state index in [1.165, 1.54) is 0 Å². The Hall–Kier alpha value is -1.29. The molecule has 21 heavy (non-hydrogen) atoms. The fraction of sp³-hybridized carbons (Fsp3) is 0.706. The Bertz CT molecular complexity index is 454. The second kappa shape index (κ2) is 6.22. The minimum Gasteiger partial charge on any atom is -0.467 e. The molecule has 0 unspecified atom stereocenters. The molecule has 1 amide bonds.